The highest BCUT2D eigenvalue weighted by Crippen LogP contribution is 2.11. The Hall–Kier alpha value is -2.37. The van der Waals surface area contributed by atoms with Crippen LogP contribution in [0.4, 0.5) is 0 Å². The molecule has 2 heterocycles. The van der Waals surface area contributed by atoms with E-state index < -0.39 is 0 Å². The summed E-state index contributed by atoms with van der Waals surface area (Å²) in [6.07, 6.45) is 3.36. The van der Waals surface area contributed by atoms with Crippen LogP contribution in [0.25, 0.3) is 5.69 Å². The lowest BCUT2D eigenvalue weighted by Gasteiger charge is -2.19. The van der Waals surface area contributed by atoms with E-state index in [0.717, 1.165) is 5.69 Å². The number of hydrogen-bond donors (Lipinski definition) is 1. The molecule has 1 N–H and O–H groups in total. The van der Waals surface area contributed by atoms with Crippen molar-refractivity contribution in [1.29, 1.82) is 0 Å². The molecule has 20 heavy (non-hydrogen) atoms. The van der Waals surface area contributed by atoms with Gasteiger partial charge in [-0.05, 0) is 32.9 Å². The van der Waals surface area contributed by atoms with Crippen LogP contribution in [0.3, 0.4) is 0 Å². The lowest BCUT2D eigenvalue weighted by molar-refractivity contribution is 0.0914. The second-order valence-electron chi connectivity index (χ2n) is 5.41. The van der Waals surface area contributed by atoms with Crippen LogP contribution in [0, 0.1) is 0 Å². The standard InChI is InChI=1S/C14H18N4O2/c1-14(2,3)16-13(19)11-7-8-18(17-11)10-5-6-12(20-4)15-9-10/h5-9H,1-4H3,(H,16,19). The highest BCUT2D eigenvalue weighted by atomic mass is 16.5. The third-order valence-corrected chi connectivity index (χ3v) is 2.50. The first kappa shape index (κ1) is 14.0. The third-order valence-electron chi connectivity index (χ3n) is 2.50. The summed E-state index contributed by atoms with van der Waals surface area (Å²) in [7, 11) is 1.56. The van der Waals surface area contributed by atoms with Gasteiger partial charge in [0.1, 0.15) is 0 Å². The normalized spacial score (nSPS) is 11.2. The highest BCUT2D eigenvalue weighted by molar-refractivity contribution is 5.92. The van der Waals surface area contributed by atoms with Crippen molar-refractivity contribution in [1.82, 2.24) is 20.1 Å². The summed E-state index contributed by atoms with van der Waals surface area (Å²) in [5.41, 5.74) is 0.846. The zero-order valence-corrected chi connectivity index (χ0v) is 12.0. The predicted octanol–water partition coefficient (Wildman–Crippen LogP) is 1.80. The molecule has 0 fully saturated rings. The molecule has 0 aromatic carbocycles. The number of carbonyl (C=O) groups is 1. The third kappa shape index (κ3) is 3.34. The maximum Gasteiger partial charge on any atom is 0.272 e. The molecule has 0 saturated carbocycles. The minimum absolute atomic E-state index is 0.197. The number of nitrogens with one attached hydrogen (secondary N) is 1. The Morgan fingerprint density at radius 1 is 1.30 bits per heavy atom. The van der Waals surface area contributed by atoms with Gasteiger partial charge in [0.15, 0.2) is 5.69 Å². The van der Waals surface area contributed by atoms with Crippen LogP contribution in [0.2, 0.25) is 0 Å². The first-order chi connectivity index (χ1) is 9.39. The van der Waals surface area contributed by atoms with Crippen molar-refractivity contribution in [3.8, 4) is 11.6 Å². The largest absolute Gasteiger partial charge is 0.481 e. The summed E-state index contributed by atoms with van der Waals surface area (Å²) < 4.78 is 6.60. The molecule has 1 amide bonds. The van der Waals surface area contributed by atoms with Crippen LogP contribution >= 0.6 is 0 Å². The molecule has 0 unspecified atom stereocenters. The van der Waals surface area contributed by atoms with Crippen LogP contribution in [0.15, 0.2) is 30.6 Å². The molecule has 2 rings (SSSR count). The Balaban J connectivity index is 2.17. The number of pyridine rings is 1. The fourth-order valence-electron chi connectivity index (χ4n) is 1.62. The summed E-state index contributed by atoms with van der Waals surface area (Å²) in [4.78, 5) is 16.1. The number of carbonyl (C=O) groups excluding carboxylic acids is 1. The van der Waals surface area contributed by atoms with E-state index in [4.69, 9.17) is 4.74 Å². The van der Waals surface area contributed by atoms with Crippen LogP contribution in [0.1, 0.15) is 31.3 Å². The molecule has 0 spiro atoms. The molecule has 0 radical (unpaired) electrons. The second kappa shape index (κ2) is 5.32. The molecule has 0 saturated heterocycles. The topological polar surface area (TPSA) is 69.0 Å². The van der Waals surface area contributed by atoms with E-state index in [9.17, 15) is 4.79 Å². The molecule has 0 bridgehead atoms. The number of hydrogen-bond acceptors (Lipinski definition) is 4. The molecule has 106 valence electrons. The van der Waals surface area contributed by atoms with Gasteiger partial charge >= 0.3 is 0 Å². The Morgan fingerprint density at radius 3 is 2.60 bits per heavy atom. The van der Waals surface area contributed by atoms with Crippen molar-refractivity contribution in [2.24, 2.45) is 0 Å². The van der Waals surface area contributed by atoms with Gasteiger partial charge in [-0.25, -0.2) is 9.67 Å². The maximum atomic E-state index is 12.0. The number of rotatable bonds is 3. The van der Waals surface area contributed by atoms with Crippen molar-refractivity contribution in [2.45, 2.75) is 26.3 Å². The molecule has 0 aliphatic heterocycles. The minimum atomic E-state index is -0.289. The van der Waals surface area contributed by atoms with Gasteiger partial charge in [-0.3, -0.25) is 4.79 Å². The van der Waals surface area contributed by atoms with Gasteiger partial charge in [0.2, 0.25) is 5.88 Å². The zero-order valence-electron chi connectivity index (χ0n) is 12.0. The van der Waals surface area contributed by atoms with E-state index in [1.54, 1.807) is 36.3 Å². The Labute approximate surface area is 117 Å². The SMILES string of the molecule is COc1ccc(-n2ccc(C(=O)NC(C)(C)C)n2)cn1. The van der Waals surface area contributed by atoms with Crippen molar-refractivity contribution < 1.29 is 9.53 Å². The van der Waals surface area contributed by atoms with Crippen molar-refractivity contribution in [3.63, 3.8) is 0 Å². The molecule has 6 heteroatoms. The fraction of sp³-hybridized carbons (Fsp3) is 0.357. The molecule has 6 nitrogen and oxygen atoms in total. The maximum absolute atomic E-state index is 12.0. The van der Waals surface area contributed by atoms with Gasteiger partial charge in [-0.2, -0.15) is 5.10 Å². The average Bonchev–Trinajstić information content (AvgIpc) is 2.86. The number of aromatic nitrogens is 3. The summed E-state index contributed by atoms with van der Waals surface area (Å²) >= 11 is 0. The molecular formula is C14H18N4O2. The summed E-state index contributed by atoms with van der Waals surface area (Å²) in [6, 6.07) is 5.24. The Morgan fingerprint density at radius 2 is 2.05 bits per heavy atom. The van der Waals surface area contributed by atoms with Crippen molar-refractivity contribution >= 4 is 5.91 Å². The van der Waals surface area contributed by atoms with Gasteiger partial charge in [0.25, 0.3) is 5.91 Å². The average molecular weight is 274 g/mol. The fourth-order valence-corrected chi connectivity index (χ4v) is 1.62. The lowest BCUT2D eigenvalue weighted by Crippen LogP contribution is -2.40. The van der Waals surface area contributed by atoms with Gasteiger partial charge in [-0.15, -0.1) is 0 Å². The van der Waals surface area contributed by atoms with E-state index in [1.165, 1.54) is 0 Å². The van der Waals surface area contributed by atoms with Crippen LogP contribution < -0.4 is 10.1 Å². The van der Waals surface area contributed by atoms with Gasteiger partial charge in [0, 0.05) is 17.8 Å². The van der Waals surface area contributed by atoms with E-state index in [-0.39, 0.29) is 11.4 Å². The molecule has 0 aliphatic rings. The molecule has 2 aromatic heterocycles. The van der Waals surface area contributed by atoms with Gasteiger partial charge in [0.05, 0.1) is 19.0 Å². The van der Waals surface area contributed by atoms with Gasteiger partial charge in [-0.1, -0.05) is 0 Å². The number of nitrogens with zero attached hydrogens (tertiary/aromatic N) is 3. The van der Waals surface area contributed by atoms with Crippen LogP contribution in [-0.4, -0.2) is 33.3 Å². The quantitative estimate of drug-likeness (QED) is 0.926. The first-order valence-electron chi connectivity index (χ1n) is 6.28. The van der Waals surface area contributed by atoms with Crippen LogP contribution in [0.5, 0.6) is 5.88 Å². The smallest absolute Gasteiger partial charge is 0.272 e. The number of amides is 1. The predicted molar refractivity (Wildman–Crippen MR) is 75.1 cm³/mol. The molecular weight excluding hydrogens is 256 g/mol. The van der Waals surface area contributed by atoms with Gasteiger partial charge < -0.3 is 10.1 Å². The molecule has 2 aromatic rings. The summed E-state index contributed by atoms with van der Waals surface area (Å²) in [6.45, 7) is 5.78. The highest BCUT2D eigenvalue weighted by Gasteiger charge is 2.17. The summed E-state index contributed by atoms with van der Waals surface area (Å²) in [5.74, 6) is 0.337. The number of methoxy groups -OCH3 is 1. The second-order valence-corrected chi connectivity index (χ2v) is 5.41. The van der Waals surface area contributed by atoms with E-state index in [2.05, 4.69) is 15.4 Å². The number of ether oxygens (including phenoxy) is 1. The Bertz CT molecular complexity index is 596. The lowest BCUT2D eigenvalue weighted by atomic mass is 10.1. The van der Waals surface area contributed by atoms with E-state index >= 15 is 0 Å². The minimum Gasteiger partial charge on any atom is -0.481 e. The summed E-state index contributed by atoms with van der Waals surface area (Å²) in [5, 5.41) is 7.11. The van der Waals surface area contributed by atoms with Crippen molar-refractivity contribution in [2.75, 3.05) is 7.11 Å². The first-order valence-corrected chi connectivity index (χ1v) is 6.28. The van der Waals surface area contributed by atoms with E-state index in [0.29, 0.717) is 11.6 Å². The zero-order chi connectivity index (χ0) is 14.8. The van der Waals surface area contributed by atoms with E-state index in [1.807, 2.05) is 26.8 Å². The molecule has 0 aliphatic carbocycles. The molecule has 0 atom stereocenters. The monoisotopic (exact) mass is 274 g/mol. The van der Waals surface area contributed by atoms with Crippen molar-refractivity contribution in [3.05, 3.63) is 36.3 Å². The van der Waals surface area contributed by atoms with Crippen LogP contribution in [-0.2, 0) is 0 Å². The Kier molecular flexibility index (Phi) is 3.74.